The van der Waals surface area contributed by atoms with Crippen LogP contribution in [0.5, 0.6) is 0 Å². The highest BCUT2D eigenvalue weighted by Gasteiger charge is 2.31. The van der Waals surface area contributed by atoms with Crippen LogP contribution >= 0.6 is 0 Å². The molecule has 0 aliphatic carbocycles. The first-order valence-corrected chi connectivity index (χ1v) is 4.67. The van der Waals surface area contributed by atoms with Crippen molar-refractivity contribution in [2.45, 2.75) is 46.0 Å². The van der Waals surface area contributed by atoms with E-state index >= 15 is 0 Å². The van der Waals surface area contributed by atoms with Crippen molar-refractivity contribution in [1.82, 2.24) is 4.90 Å². The Morgan fingerprint density at radius 3 is 2.00 bits per heavy atom. The van der Waals surface area contributed by atoms with Gasteiger partial charge < -0.3 is 5.11 Å². The Morgan fingerprint density at radius 1 is 1.33 bits per heavy atom. The van der Waals surface area contributed by atoms with E-state index in [2.05, 4.69) is 0 Å². The van der Waals surface area contributed by atoms with Crippen LogP contribution in [0.25, 0.3) is 0 Å². The quantitative estimate of drug-likeness (QED) is 0.655. The summed E-state index contributed by atoms with van der Waals surface area (Å²) in [5, 5.41) is 9.00. The van der Waals surface area contributed by atoms with Crippen LogP contribution in [0.3, 0.4) is 0 Å². The van der Waals surface area contributed by atoms with E-state index in [9.17, 15) is 4.39 Å². The lowest BCUT2D eigenvalue weighted by Gasteiger charge is -2.18. The molecule has 0 amide bonds. The SMILES string of the molecule is CC.CC(C)N1CC(O)C(F)C1. The van der Waals surface area contributed by atoms with E-state index in [1.54, 1.807) is 0 Å². The summed E-state index contributed by atoms with van der Waals surface area (Å²) in [5.41, 5.74) is 0. The third kappa shape index (κ3) is 3.07. The van der Waals surface area contributed by atoms with E-state index in [1.165, 1.54) is 0 Å². The molecule has 1 N–H and O–H groups in total. The average Bonchev–Trinajstić information content (AvgIpc) is 2.36. The van der Waals surface area contributed by atoms with E-state index in [0.29, 0.717) is 19.1 Å². The maximum atomic E-state index is 12.6. The first kappa shape index (κ1) is 11.8. The first-order chi connectivity index (χ1) is 5.61. The number of β-amino-alcohol motifs (C(OH)–C–C–N with tert-alkyl or cyclic N) is 1. The van der Waals surface area contributed by atoms with Crippen LogP contribution in [0, 0.1) is 0 Å². The van der Waals surface area contributed by atoms with Gasteiger partial charge in [0, 0.05) is 19.1 Å². The van der Waals surface area contributed by atoms with Crippen LogP contribution < -0.4 is 0 Å². The third-order valence-corrected chi connectivity index (χ3v) is 1.98. The number of aliphatic hydroxyl groups excluding tert-OH is 1. The minimum atomic E-state index is -1.04. The summed E-state index contributed by atoms with van der Waals surface area (Å²) in [6.07, 6.45) is -1.80. The number of hydrogen-bond acceptors (Lipinski definition) is 2. The summed E-state index contributed by atoms with van der Waals surface area (Å²) in [5.74, 6) is 0. The molecule has 1 aliphatic heterocycles. The highest BCUT2D eigenvalue weighted by molar-refractivity contribution is 4.84. The van der Waals surface area contributed by atoms with Crippen LogP contribution in [0.15, 0.2) is 0 Å². The van der Waals surface area contributed by atoms with Crippen molar-refractivity contribution in [1.29, 1.82) is 0 Å². The molecular formula is C9H20FNO. The minimum Gasteiger partial charge on any atom is -0.389 e. The monoisotopic (exact) mass is 177 g/mol. The highest BCUT2D eigenvalue weighted by Crippen LogP contribution is 2.15. The van der Waals surface area contributed by atoms with Crippen LogP contribution in [0.2, 0.25) is 0 Å². The van der Waals surface area contributed by atoms with Gasteiger partial charge in [0.2, 0.25) is 0 Å². The summed E-state index contributed by atoms with van der Waals surface area (Å²) in [7, 11) is 0. The summed E-state index contributed by atoms with van der Waals surface area (Å²) in [4.78, 5) is 1.94. The lowest BCUT2D eigenvalue weighted by Crippen LogP contribution is -2.29. The minimum absolute atomic E-state index is 0.343. The maximum absolute atomic E-state index is 12.6. The molecular weight excluding hydrogens is 157 g/mol. The second-order valence-corrected chi connectivity index (χ2v) is 3.13. The highest BCUT2D eigenvalue weighted by atomic mass is 19.1. The fourth-order valence-corrected chi connectivity index (χ4v) is 1.20. The summed E-state index contributed by atoms with van der Waals surface area (Å²) < 4.78 is 12.6. The van der Waals surface area contributed by atoms with Gasteiger partial charge in [0.1, 0.15) is 6.17 Å². The number of hydrogen-bond donors (Lipinski definition) is 1. The predicted octanol–water partition coefficient (Wildman–Crippen LogP) is 1.44. The standard InChI is InChI=1S/C7H14FNO.C2H6/c1-5(2)9-3-6(8)7(10)4-9;1-2/h5-7,10H,3-4H2,1-2H3;1-2H3. The molecule has 0 saturated carbocycles. The van der Waals surface area contributed by atoms with Gasteiger partial charge in [-0.15, -0.1) is 0 Å². The maximum Gasteiger partial charge on any atom is 0.140 e. The Bertz CT molecular complexity index is 109. The van der Waals surface area contributed by atoms with Gasteiger partial charge in [-0.25, -0.2) is 4.39 Å². The van der Waals surface area contributed by atoms with Crippen molar-refractivity contribution >= 4 is 0 Å². The molecule has 0 aromatic rings. The van der Waals surface area contributed by atoms with Crippen LogP contribution in [0.1, 0.15) is 27.7 Å². The van der Waals surface area contributed by atoms with Gasteiger partial charge in [0.05, 0.1) is 6.10 Å². The molecule has 1 aliphatic rings. The number of nitrogens with zero attached hydrogens (tertiary/aromatic N) is 1. The van der Waals surface area contributed by atoms with Gasteiger partial charge in [0.25, 0.3) is 0 Å². The molecule has 0 bridgehead atoms. The molecule has 1 heterocycles. The molecule has 3 heteroatoms. The summed E-state index contributed by atoms with van der Waals surface area (Å²) in [6, 6.07) is 0.343. The number of likely N-dealkylation sites (tertiary alicyclic amines) is 1. The molecule has 0 spiro atoms. The Hall–Kier alpha value is -0.150. The Labute approximate surface area is 74.4 Å². The molecule has 0 aromatic carbocycles. The second kappa shape index (κ2) is 5.49. The Morgan fingerprint density at radius 2 is 1.83 bits per heavy atom. The molecule has 2 nitrogen and oxygen atoms in total. The fourth-order valence-electron chi connectivity index (χ4n) is 1.20. The van der Waals surface area contributed by atoms with E-state index in [-0.39, 0.29) is 0 Å². The van der Waals surface area contributed by atoms with Crippen molar-refractivity contribution in [3.05, 3.63) is 0 Å². The number of aliphatic hydroxyl groups is 1. The molecule has 0 radical (unpaired) electrons. The summed E-state index contributed by atoms with van der Waals surface area (Å²) in [6.45, 7) is 8.88. The molecule has 2 atom stereocenters. The van der Waals surface area contributed by atoms with Crippen molar-refractivity contribution in [3.8, 4) is 0 Å². The van der Waals surface area contributed by atoms with Gasteiger partial charge >= 0.3 is 0 Å². The number of halogens is 1. The van der Waals surface area contributed by atoms with E-state index in [0.717, 1.165) is 0 Å². The Balaban J connectivity index is 0.000000561. The predicted molar refractivity (Wildman–Crippen MR) is 49.0 cm³/mol. The van der Waals surface area contributed by atoms with Gasteiger partial charge in [-0.05, 0) is 13.8 Å². The molecule has 74 valence electrons. The fraction of sp³-hybridized carbons (Fsp3) is 1.00. The number of rotatable bonds is 1. The molecule has 1 rings (SSSR count). The van der Waals surface area contributed by atoms with Gasteiger partial charge in [-0.3, -0.25) is 4.90 Å². The van der Waals surface area contributed by atoms with Crippen LogP contribution in [-0.4, -0.2) is 41.4 Å². The lowest BCUT2D eigenvalue weighted by molar-refractivity contribution is 0.115. The molecule has 2 unspecified atom stereocenters. The van der Waals surface area contributed by atoms with Gasteiger partial charge in [-0.2, -0.15) is 0 Å². The van der Waals surface area contributed by atoms with E-state index in [4.69, 9.17) is 5.11 Å². The zero-order valence-corrected chi connectivity index (χ0v) is 8.42. The van der Waals surface area contributed by atoms with Crippen LogP contribution in [-0.2, 0) is 0 Å². The third-order valence-electron chi connectivity index (χ3n) is 1.98. The van der Waals surface area contributed by atoms with Crippen molar-refractivity contribution in [3.63, 3.8) is 0 Å². The smallest absolute Gasteiger partial charge is 0.140 e. The zero-order valence-electron chi connectivity index (χ0n) is 8.42. The summed E-state index contributed by atoms with van der Waals surface area (Å²) >= 11 is 0. The number of alkyl halides is 1. The van der Waals surface area contributed by atoms with Gasteiger partial charge in [0.15, 0.2) is 0 Å². The second-order valence-electron chi connectivity index (χ2n) is 3.13. The largest absolute Gasteiger partial charge is 0.389 e. The van der Waals surface area contributed by atoms with E-state index in [1.807, 2.05) is 32.6 Å². The zero-order chi connectivity index (χ0) is 9.72. The normalized spacial score (nSPS) is 30.2. The van der Waals surface area contributed by atoms with Gasteiger partial charge in [-0.1, -0.05) is 13.8 Å². The molecule has 0 aromatic heterocycles. The molecule has 1 saturated heterocycles. The van der Waals surface area contributed by atoms with E-state index < -0.39 is 12.3 Å². The average molecular weight is 177 g/mol. The molecule has 1 fully saturated rings. The first-order valence-electron chi connectivity index (χ1n) is 4.67. The van der Waals surface area contributed by atoms with Crippen LogP contribution in [0.4, 0.5) is 4.39 Å². The van der Waals surface area contributed by atoms with Crippen molar-refractivity contribution in [2.75, 3.05) is 13.1 Å². The molecule has 12 heavy (non-hydrogen) atoms. The van der Waals surface area contributed by atoms with Crippen molar-refractivity contribution in [2.24, 2.45) is 0 Å². The lowest BCUT2D eigenvalue weighted by atomic mass is 10.3. The van der Waals surface area contributed by atoms with Crippen molar-refractivity contribution < 1.29 is 9.50 Å². The topological polar surface area (TPSA) is 23.5 Å². The Kier molecular flexibility index (Phi) is 5.42.